The summed E-state index contributed by atoms with van der Waals surface area (Å²) in [4.78, 5) is 14.9. The molecule has 0 spiro atoms. The molecule has 160 valence electrons. The Bertz CT molecular complexity index is 1140. The minimum absolute atomic E-state index is 0.0134. The van der Waals surface area contributed by atoms with Gasteiger partial charge >= 0.3 is 0 Å². The van der Waals surface area contributed by atoms with E-state index in [1.165, 1.54) is 0 Å². The summed E-state index contributed by atoms with van der Waals surface area (Å²) in [6, 6.07) is 13.5. The van der Waals surface area contributed by atoms with Crippen LogP contribution in [-0.4, -0.2) is 47.3 Å². The van der Waals surface area contributed by atoms with Gasteiger partial charge in [0, 0.05) is 47.6 Å². The first-order valence-electron chi connectivity index (χ1n) is 11.2. The molecule has 0 unspecified atom stereocenters. The maximum absolute atomic E-state index is 12.5. The van der Waals surface area contributed by atoms with Crippen LogP contribution < -0.4 is 15.5 Å². The lowest BCUT2D eigenvalue weighted by molar-refractivity contribution is 0.0951. The van der Waals surface area contributed by atoms with Crippen molar-refractivity contribution in [3.8, 4) is 11.1 Å². The number of anilines is 1. The summed E-state index contributed by atoms with van der Waals surface area (Å²) in [6.45, 7) is 8.35. The molecule has 1 saturated carbocycles. The Morgan fingerprint density at radius 2 is 2.00 bits per heavy atom. The summed E-state index contributed by atoms with van der Waals surface area (Å²) < 4.78 is 0. The van der Waals surface area contributed by atoms with E-state index in [4.69, 9.17) is 0 Å². The number of aryl methyl sites for hydroxylation is 1. The van der Waals surface area contributed by atoms with Gasteiger partial charge in [0.25, 0.3) is 5.91 Å². The molecule has 2 atom stereocenters. The number of nitrogens with zero attached hydrogens (tertiary/aromatic N) is 3. The van der Waals surface area contributed by atoms with E-state index in [1.54, 1.807) is 0 Å². The van der Waals surface area contributed by atoms with E-state index in [1.807, 2.05) is 24.4 Å². The predicted octanol–water partition coefficient (Wildman–Crippen LogP) is 3.68. The van der Waals surface area contributed by atoms with Gasteiger partial charge in [0.05, 0.1) is 6.20 Å². The molecule has 2 aliphatic rings. The fourth-order valence-corrected chi connectivity index (χ4v) is 4.34. The first-order chi connectivity index (χ1) is 15.0. The van der Waals surface area contributed by atoms with E-state index < -0.39 is 0 Å². The highest BCUT2D eigenvalue weighted by Gasteiger charge is 2.26. The zero-order valence-corrected chi connectivity index (χ0v) is 18.4. The van der Waals surface area contributed by atoms with Crippen molar-refractivity contribution in [2.24, 2.45) is 0 Å². The number of carbonyl (C=O) groups is 1. The number of nitrogens with one attached hydrogen (secondary N) is 2. The lowest BCUT2D eigenvalue weighted by Crippen LogP contribution is -2.54. The Balaban J connectivity index is 1.51. The second-order valence-electron chi connectivity index (χ2n) is 9.06. The van der Waals surface area contributed by atoms with Gasteiger partial charge in [-0.05, 0) is 74.6 Å². The largest absolute Gasteiger partial charge is 0.349 e. The number of fused-ring (bicyclic) bond motifs is 1. The Morgan fingerprint density at radius 3 is 2.81 bits per heavy atom. The molecule has 0 bridgehead atoms. The average Bonchev–Trinajstić information content (AvgIpc) is 3.59. The molecule has 2 aromatic carbocycles. The molecular weight excluding hydrogens is 386 g/mol. The molecule has 2 fully saturated rings. The van der Waals surface area contributed by atoms with E-state index in [-0.39, 0.29) is 5.91 Å². The van der Waals surface area contributed by atoms with Gasteiger partial charge in [0.15, 0.2) is 5.82 Å². The summed E-state index contributed by atoms with van der Waals surface area (Å²) in [7, 11) is 0. The maximum atomic E-state index is 12.5. The second-order valence-corrected chi connectivity index (χ2v) is 9.06. The van der Waals surface area contributed by atoms with E-state index in [0.29, 0.717) is 23.7 Å². The lowest BCUT2D eigenvalue weighted by atomic mass is 9.96. The highest BCUT2D eigenvalue weighted by atomic mass is 16.1. The fraction of sp³-hybridized carbons (Fsp3) is 0.400. The third-order valence-electron chi connectivity index (χ3n) is 6.40. The van der Waals surface area contributed by atoms with Crippen molar-refractivity contribution >= 4 is 22.5 Å². The van der Waals surface area contributed by atoms with Crippen molar-refractivity contribution in [2.75, 3.05) is 18.0 Å². The molecule has 6 heteroatoms. The maximum Gasteiger partial charge on any atom is 0.251 e. The van der Waals surface area contributed by atoms with Crippen molar-refractivity contribution in [1.82, 2.24) is 20.8 Å². The molecular formula is C25H29N5O. The van der Waals surface area contributed by atoms with Crippen molar-refractivity contribution < 1.29 is 4.79 Å². The Morgan fingerprint density at radius 1 is 1.16 bits per heavy atom. The van der Waals surface area contributed by atoms with Gasteiger partial charge in [-0.15, -0.1) is 5.10 Å². The van der Waals surface area contributed by atoms with Crippen LogP contribution in [0.1, 0.15) is 42.6 Å². The summed E-state index contributed by atoms with van der Waals surface area (Å²) >= 11 is 0. The number of hydrogen-bond acceptors (Lipinski definition) is 5. The first kappa shape index (κ1) is 19.9. The Kier molecular flexibility index (Phi) is 5.10. The molecule has 5 rings (SSSR count). The quantitative estimate of drug-likeness (QED) is 0.680. The van der Waals surface area contributed by atoms with Crippen molar-refractivity contribution in [2.45, 2.75) is 51.7 Å². The molecule has 0 radical (unpaired) electrons. The monoisotopic (exact) mass is 415 g/mol. The van der Waals surface area contributed by atoms with Crippen LogP contribution in [0.15, 0.2) is 42.6 Å². The van der Waals surface area contributed by atoms with Crippen LogP contribution >= 0.6 is 0 Å². The van der Waals surface area contributed by atoms with Crippen LogP contribution in [0.2, 0.25) is 0 Å². The number of carbonyl (C=O) groups excluding carboxylic acids is 1. The van der Waals surface area contributed by atoms with E-state index in [0.717, 1.165) is 59.2 Å². The Labute approximate surface area is 183 Å². The molecule has 2 N–H and O–H groups in total. The molecule has 6 nitrogen and oxygen atoms in total. The van der Waals surface area contributed by atoms with E-state index in [2.05, 4.69) is 64.7 Å². The predicted molar refractivity (Wildman–Crippen MR) is 124 cm³/mol. The molecule has 31 heavy (non-hydrogen) atoms. The van der Waals surface area contributed by atoms with Crippen LogP contribution in [0.4, 0.5) is 5.82 Å². The number of rotatable bonds is 4. The van der Waals surface area contributed by atoms with Gasteiger partial charge < -0.3 is 15.5 Å². The van der Waals surface area contributed by atoms with Crippen molar-refractivity contribution in [3.05, 3.63) is 53.7 Å². The molecule has 1 aliphatic heterocycles. The van der Waals surface area contributed by atoms with Gasteiger partial charge in [-0.25, -0.2) is 0 Å². The minimum Gasteiger partial charge on any atom is -0.349 e. The SMILES string of the molecule is Cc1ccc(C(=O)NC2CC2)cc1-c1ccc2c(N3C[C@@H](C)NC[C@@H]3C)nncc2c1. The molecule has 3 aromatic rings. The molecule has 1 aromatic heterocycles. The molecule has 1 amide bonds. The van der Waals surface area contributed by atoms with Crippen LogP contribution in [0.3, 0.4) is 0 Å². The second kappa shape index (κ2) is 7.93. The zero-order valence-electron chi connectivity index (χ0n) is 18.4. The van der Waals surface area contributed by atoms with E-state index >= 15 is 0 Å². The fourth-order valence-electron chi connectivity index (χ4n) is 4.34. The third kappa shape index (κ3) is 4.00. The van der Waals surface area contributed by atoms with Crippen LogP contribution in [0.25, 0.3) is 21.9 Å². The Hall–Kier alpha value is -2.99. The standard InChI is InChI=1S/C25H29N5O/c1-15-4-5-19(25(31)28-21-7-8-21)11-23(15)18-6-9-22-20(10-18)13-27-29-24(22)30-14-16(2)26-12-17(30)3/h4-6,9-11,13,16-17,21,26H,7-8,12,14H2,1-3H3,(H,28,31)/t16-,17+/m1/s1. The third-order valence-corrected chi connectivity index (χ3v) is 6.40. The summed E-state index contributed by atoms with van der Waals surface area (Å²) in [6.07, 6.45) is 4.00. The van der Waals surface area contributed by atoms with Crippen LogP contribution in [-0.2, 0) is 0 Å². The van der Waals surface area contributed by atoms with E-state index in [9.17, 15) is 4.79 Å². The molecule has 2 heterocycles. The number of benzene rings is 2. The normalized spacial score (nSPS) is 21.3. The van der Waals surface area contributed by atoms with Gasteiger partial charge in [0.2, 0.25) is 0 Å². The number of aromatic nitrogens is 2. The van der Waals surface area contributed by atoms with Crippen molar-refractivity contribution in [3.63, 3.8) is 0 Å². The smallest absolute Gasteiger partial charge is 0.251 e. The van der Waals surface area contributed by atoms with Gasteiger partial charge in [0.1, 0.15) is 0 Å². The highest BCUT2D eigenvalue weighted by molar-refractivity contribution is 5.98. The summed E-state index contributed by atoms with van der Waals surface area (Å²) in [5.74, 6) is 0.957. The summed E-state index contributed by atoms with van der Waals surface area (Å²) in [5, 5.41) is 17.6. The summed E-state index contributed by atoms with van der Waals surface area (Å²) in [5.41, 5.74) is 4.03. The first-order valence-corrected chi connectivity index (χ1v) is 11.2. The number of amides is 1. The van der Waals surface area contributed by atoms with Crippen LogP contribution in [0.5, 0.6) is 0 Å². The van der Waals surface area contributed by atoms with Crippen molar-refractivity contribution in [1.29, 1.82) is 0 Å². The lowest BCUT2D eigenvalue weighted by Gasteiger charge is -2.38. The number of piperazine rings is 1. The van der Waals surface area contributed by atoms with Crippen LogP contribution in [0, 0.1) is 6.92 Å². The topological polar surface area (TPSA) is 70.2 Å². The molecule has 1 aliphatic carbocycles. The number of hydrogen-bond donors (Lipinski definition) is 2. The highest BCUT2D eigenvalue weighted by Crippen LogP contribution is 2.32. The van der Waals surface area contributed by atoms with Gasteiger partial charge in [-0.1, -0.05) is 12.1 Å². The molecule has 1 saturated heterocycles. The van der Waals surface area contributed by atoms with Gasteiger partial charge in [-0.2, -0.15) is 5.10 Å². The zero-order chi connectivity index (χ0) is 21.5. The minimum atomic E-state index is 0.0134. The average molecular weight is 416 g/mol. The van der Waals surface area contributed by atoms with Gasteiger partial charge in [-0.3, -0.25) is 4.79 Å².